The van der Waals surface area contributed by atoms with Crippen molar-refractivity contribution in [2.75, 3.05) is 6.54 Å². The summed E-state index contributed by atoms with van der Waals surface area (Å²) in [7, 11) is -3.81. The molecule has 0 saturated carbocycles. The van der Waals surface area contributed by atoms with E-state index in [0.29, 0.717) is 30.5 Å². The van der Waals surface area contributed by atoms with Crippen molar-refractivity contribution in [3.63, 3.8) is 0 Å². The Morgan fingerprint density at radius 3 is 2.59 bits per heavy atom. The number of sulfonamides is 1. The summed E-state index contributed by atoms with van der Waals surface area (Å²) < 4.78 is 32.6. The molecule has 1 amide bonds. The molecule has 1 aromatic carbocycles. The van der Waals surface area contributed by atoms with Crippen molar-refractivity contribution in [1.29, 1.82) is 0 Å². The third-order valence-electron chi connectivity index (χ3n) is 4.24. The van der Waals surface area contributed by atoms with Crippen molar-refractivity contribution >= 4 is 22.1 Å². The number of benzene rings is 1. The van der Waals surface area contributed by atoms with Gasteiger partial charge in [0.1, 0.15) is 6.10 Å². The third-order valence-corrected chi connectivity index (χ3v) is 5.90. The summed E-state index contributed by atoms with van der Waals surface area (Å²) in [5, 5.41) is 2.70. The van der Waals surface area contributed by atoms with Crippen molar-refractivity contribution in [2.45, 2.75) is 50.7 Å². The number of amides is 1. The first-order valence-corrected chi connectivity index (χ1v) is 10.1. The van der Waals surface area contributed by atoms with Gasteiger partial charge in [0.05, 0.1) is 10.9 Å². The van der Waals surface area contributed by atoms with Gasteiger partial charge in [-0.2, -0.15) is 0 Å². The number of aryl methyl sites for hydroxylation is 3. The van der Waals surface area contributed by atoms with E-state index in [1.807, 2.05) is 19.1 Å². The van der Waals surface area contributed by atoms with Crippen LogP contribution in [0, 0.1) is 20.8 Å². The van der Waals surface area contributed by atoms with Crippen LogP contribution in [0.25, 0.3) is 0 Å². The van der Waals surface area contributed by atoms with Crippen LogP contribution < -0.4 is 15.8 Å². The molecule has 1 fully saturated rings. The van der Waals surface area contributed by atoms with E-state index in [1.165, 1.54) is 0 Å². The molecule has 0 spiro atoms. The number of hydrogen-bond acceptors (Lipinski definition) is 5. The zero-order valence-corrected chi connectivity index (χ0v) is 16.6. The highest BCUT2D eigenvalue weighted by Gasteiger charge is 2.30. The second-order valence-corrected chi connectivity index (χ2v) is 8.22. The van der Waals surface area contributed by atoms with Gasteiger partial charge in [-0.3, -0.25) is 4.99 Å². The molecule has 0 aromatic heterocycles. The van der Waals surface area contributed by atoms with Crippen molar-refractivity contribution < 1.29 is 17.9 Å². The normalized spacial score (nSPS) is 20.1. The lowest BCUT2D eigenvalue weighted by Gasteiger charge is -2.14. The Morgan fingerprint density at radius 1 is 1.37 bits per heavy atom. The van der Waals surface area contributed by atoms with E-state index in [9.17, 15) is 13.2 Å². The number of nitrogens with zero attached hydrogens (tertiary/aromatic N) is 1. The maximum atomic E-state index is 12.6. The minimum Gasteiger partial charge on any atom is -0.440 e. The van der Waals surface area contributed by atoms with Crippen LogP contribution in [0.1, 0.15) is 29.5 Å². The molecule has 8 nitrogen and oxygen atoms in total. The summed E-state index contributed by atoms with van der Waals surface area (Å²) >= 11 is 0. The molecule has 0 aliphatic carbocycles. The van der Waals surface area contributed by atoms with Gasteiger partial charge in [-0.15, -0.1) is 0 Å². The molecule has 9 heteroatoms. The van der Waals surface area contributed by atoms with Crippen LogP contribution >= 0.6 is 0 Å². The fourth-order valence-corrected chi connectivity index (χ4v) is 4.65. The van der Waals surface area contributed by atoms with Crippen LogP contribution in [0.5, 0.6) is 0 Å². The van der Waals surface area contributed by atoms with E-state index in [-0.39, 0.29) is 23.0 Å². The first-order chi connectivity index (χ1) is 12.6. The summed E-state index contributed by atoms with van der Waals surface area (Å²) in [4.78, 5) is 15.5. The molecule has 1 saturated heterocycles. The summed E-state index contributed by atoms with van der Waals surface area (Å²) in [5.74, 6) is -0.165. The second kappa shape index (κ2) is 8.43. The molecule has 0 bridgehead atoms. The first kappa shape index (κ1) is 20.8. The second-order valence-electron chi connectivity index (χ2n) is 6.60. The predicted octanol–water partition coefficient (Wildman–Crippen LogP) is 1.65. The highest BCUT2D eigenvalue weighted by atomic mass is 32.2. The molecular formula is C18H26N4O4S. The lowest BCUT2D eigenvalue weighted by molar-refractivity contribution is 0.152. The van der Waals surface area contributed by atoms with Crippen LogP contribution in [-0.4, -0.2) is 39.2 Å². The average Bonchev–Trinajstić information content (AvgIpc) is 2.89. The summed E-state index contributed by atoms with van der Waals surface area (Å²) in [6.45, 7) is 9.35. The SMILES string of the molecule is C=C[C@@H]1OC(=O)N[C@H]1CCCN=C(N)NS(=O)(=O)c1c(C)cc(C)cc1C. The maximum Gasteiger partial charge on any atom is 0.408 e. The van der Waals surface area contributed by atoms with Crippen LogP contribution in [-0.2, 0) is 14.8 Å². The molecule has 0 unspecified atom stereocenters. The Hall–Kier alpha value is -2.55. The number of hydrogen-bond donors (Lipinski definition) is 3. The number of carbonyl (C=O) groups is 1. The molecule has 2 rings (SSSR count). The Balaban J connectivity index is 1.95. The molecule has 4 N–H and O–H groups in total. The van der Waals surface area contributed by atoms with Gasteiger partial charge >= 0.3 is 6.09 Å². The molecule has 1 heterocycles. The largest absolute Gasteiger partial charge is 0.440 e. The fraction of sp³-hybridized carbons (Fsp3) is 0.444. The van der Waals surface area contributed by atoms with E-state index >= 15 is 0 Å². The van der Waals surface area contributed by atoms with Gasteiger partial charge in [-0.1, -0.05) is 24.3 Å². The van der Waals surface area contributed by atoms with Gasteiger partial charge in [0.15, 0.2) is 0 Å². The number of carbonyl (C=O) groups excluding carboxylic acids is 1. The standard InChI is InChI=1S/C18H26N4O4S/c1-5-15-14(21-18(23)26-15)7-6-8-20-17(19)22-27(24,25)16-12(3)9-11(2)10-13(16)4/h5,9-10,14-15H,1,6-8H2,2-4H3,(H,21,23)(H3,19,20,22)/t14-,15-/m0/s1. The van der Waals surface area contributed by atoms with E-state index in [4.69, 9.17) is 10.5 Å². The Bertz CT molecular complexity index is 841. The molecule has 1 aromatic rings. The van der Waals surface area contributed by atoms with Gasteiger partial charge in [0.2, 0.25) is 5.96 Å². The fourth-order valence-electron chi connectivity index (χ4n) is 3.24. The summed E-state index contributed by atoms with van der Waals surface area (Å²) in [6.07, 6.45) is 1.95. The number of nitrogens with one attached hydrogen (secondary N) is 2. The Morgan fingerprint density at radius 2 is 2.00 bits per heavy atom. The minimum absolute atomic E-state index is 0.165. The first-order valence-electron chi connectivity index (χ1n) is 8.64. The number of nitrogens with two attached hydrogens (primary N) is 1. The molecule has 148 valence electrons. The molecule has 27 heavy (non-hydrogen) atoms. The molecule has 2 atom stereocenters. The van der Waals surface area contributed by atoms with E-state index in [1.54, 1.807) is 19.9 Å². The Kier molecular flexibility index (Phi) is 6.48. The summed E-state index contributed by atoms with van der Waals surface area (Å²) in [5.41, 5.74) is 8.04. The number of alkyl carbamates (subject to hydrolysis) is 1. The van der Waals surface area contributed by atoms with Gasteiger partial charge in [-0.05, 0) is 50.8 Å². The number of aliphatic imine (C=N–C) groups is 1. The number of rotatable bonds is 7. The summed E-state index contributed by atoms with van der Waals surface area (Å²) in [6, 6.07) is 3.45. The minimum atomic E-state index is -3.81. The van der Waals surface area contributed by atoms with E-state index in [2.05, 4.69) is 21.6 Å². The van der Waals surface area contributed by atoms with Crippen molar-refractivity contribution in [3.8, 4) is 0 Å². The highest BCUT2D eigenvalue weighted by molar-refractivity contribution is 7.90. The topological polar surface area (TPSA) is 123 Å². The van der Waals surface area contributed by atoms with E-state index < -0.39 is 16.1 Å². The molecule has 1 aliphatic rings. The van der Waals surface area contributed by atoms with Gasteiger partial charge in [0, 0.05) is 6.54 Å². The van der Waals surface area contributed by atoms with Crippen LogP contribution in [0.3, 0.4) is 0 Å². The zero-order chi connectivity index (χ0) is 20.2. The average molecular weight is 394 g/mol. The number of cyclic esters (lactones) is 1. The lowest BCUT2D eigenvalue weighted by atomic mass is 10.1. The molecule has 1 aliphatic heterocycles. The highest BCUT2D eigenvalue weighted by Crippen LogP contribution is 2.21. The van der Waals surface area contributed by atoms with Gasteiger partial charge in [-0.25, -0.2) is 17.9 Å². The molecular weight excluding hydrogens is 368 g/mol. The van der Waals surface area contributed by atoms with Crippen molar-refractivity contribution in [1.82, 2.24) is 10.0 Å². The quantitative estimate of drug-likeness (QED) is 0.281. The smallest absolute Gasteiger partial charge is 0.408 e. The van der Waals surface area contributed by atoms with Gasteiger partial charge in [0.25, 0.3) is 10.0 Å². The van der Waals surface area contributed by atoms with Gasteiger partial charge < -0.3 is 15.8 Å². The lowest BCUT2D eigenvalue weighted by Crippen LogP contribution is -2.37. The van der Waals surface area contributed by atoms with Crippen LogP contribution in [0.4, 0.5) is 4.79 Å². The van der Waals surface area contributed by atoms with Crippen LogP contribution in [0.15, 0.2) is 34.7 Å². The van der Waals surface area contributed by atoms with Crippen molar-refractivity contribution in [2.24, 2.45) is 10.7 Å². The zero-order valence-electron chi connectivity index (χ0n) is 15.8. The number of ether oxygens (including phenoxy) is 1. The number of guanidine groups is 1. The van der Waals surface area contributed by atoms with E-state index in [0.717, 1.165) is 5.56 Å². The third kappa shape index (κ3) is 5.22. The monoisotopic (exact) mass is 394 g/mol. The van der Waals surface area contributed by atoms with Crippen LogP contribution in [0.2, 0.25) is 0 Å². The van der Waals surface area contributed by atoms with Crippen molar-refractivity contribution in [3.05, 3.63) is 41.5 Å². The predicted molar refractivity (Wildman–Crippen MR) is 104 cm³/mol. The maximum absolute atomic E-state index is 12.6. The molecule has 0 radical (unpaired) electrons. The Labute approximate surface area is 159 Å².